The van der Waals surface area contributed by atoms with E-state index in [4.69, 9.17) is 9.15 Å². The van der Waals surface area contributed by atoms with E-state index in [1.54, 1.807) is 11.8 Å². The van der Waals surface area contributed by atoms with E-state index < -0.39 is 0 Å². The van der Waals surface area contributed by atoms with E-state index in [9.17, 15) is 4.79 Å². The van der Waals surface area contributed by atoms with E-state index >= 15 is 0 Å². The highest BCUT2D eigenvalue weighted by Crippen LogP contribution is 2.35. The van der Waals surface area contributed by atoms with Crippen LogP contribution in [0.5, 0.6) is 0 Å². The number of carbonyl (C=O) groups excluding carboxylic acids is 1. The minimum atomic E-state index is -0.178. The predicted octanol–water partition coefficient (Wildman–Crippen LogP) is 1.08. The first-order valence-corrected chi connectivity index (χ1v) is 6.76. The van der Waals surface area contributed by atoms with Gasteiger partial charge < -0.3 is 14.1 Å². The maximum atomic E-state index is 11.2. The number of ether oxygens (including phenoxy) is 1. The van der Waals surface area contributed by atoms with E-state index in [1.807, 2.05) is 0 Å². The van der Waals surface area contributed by atoms with E-state index in [2.05, 4.69) is 17.1 Å². The number of nitrogens with zero attached hydrogens (tertiary/aromatic N) is 3. The molecule has 104 valence electrons. The molecule has 1 amide bonds. The summed E-state index contributed by atoms with van der Waals surface area (Å²) in [6.07, 6.45) is 1.88. The first kappa shape index (κ1) is 12.6. The molecule has 3 rings (SSSR count). The van der Waals surface area contributed by atoms with Crippen LogP contribution in [-0.2, 0) is 14.9 Å². The molecule has 6 nitrogen and oxygen atoms in total. The molecule has 0 N–H and O–H groups in total. The molecule has 1 aromatic rings. The standard InChI is InChI=1S/C13H19N3O3/c1-9(17)16-7-13(2,8-16)12-15-14-11(19-12)10-3-5-18-6-4-10/h10H,3-8H2,1-2H3. The molecule has 2 aliphatic heterocycles. The normalized spacial score (nSPS) is 23.2. The maximum Gasteiger partial charge on any atom is 0.225 e. The van der Waals surface area contributed by atoms with E-state index in [0.29, 0.717) is 24.9 Å². The molecule has 0 spiro atoms. The Labute approximate surface area is 112 Å². The Hall–Kier alpha value is -1.43. The summed E-state index contributed by atoms with van der Waals surface area (Å²) >= 11 is 0. The van der Waals surface area contributed by atoms with Crippen molar-refractivity contribution in [1.29, 1.82) is 0 Å². The molecular weight excluding hydrogens is 246 g/mol. The Bertz CT molecular complexity index is 473. The van der Waals surface area contributed by atoms with Crippen LogP contribution in [-0.4, -0.2) is 47.3 Å². The second-order valence-corrected chi connectivity index (χ2v) is 5.77. The van der Waals surface area contributed by atoms with Crippen LogP contribution in [0.2, 0.25) is 0 Å². The van der Waals surface area contributed by atoms with E-state index in [1.165, 1.54) is 0 Å². The zero-order chi connectivity index (χ0) is 13.5. The molecule has 2 aliphatic rings. The summed E-state index contributed by atoms with van der Waals surface area (Å²) in [6.45, 7) is 6.50. The number of rotatable bonds is 2. The van der Waals surface area contributed by atoms with Crippen molar-refractivity contribution in [3.05, 3.63) is 11.8 Å². The van der Waals surface area contributed by atoms with Gasteiger partial charge in [0.25, 0.3) is 0 Å². The van der Waals surface area contributed by atoms with Crippen molar-refractivity contribution in [2.24, 2.45) is 0 Å². The molecular formula is C13H19N3O3. The van der Waals surface area contributed by atoms with Gasteiger partial charge in [0.2, 0.25) is 17.7 Å². The molecule has 0 aromatic carbocycles. The molecule has 0 radical (unpaired) electrons. The van der Waals surface area contributed by atoms with Gasteiger partial charge in [-0.15, -0.1) is 10.2 Å². The summed E-state index contributed by atoms with van der Waals surface area (Å²) in [5.74, 6) is 1.80. The minimum Gasteiger partial charge on any atom is -0.424 e. The molecule has 1 aromatic heterocycles. The van der Waals surface area contributed by atoms with Crippen LogP contribution in [0.15, 0.2) is 4.42 Å². The molecule has 19 heavy (non-hydrogen) atoms. The van der Waals surface area contributed by atoms with Gasteiger partial charge in [-0.25, -0.2) is 0 Å². The van der Waals surface area contributed by atoms with Crippen LogP contribution in [0.1, 0.15) is 44.4 Å². The lowest BCUT2D eigenvalue weighted by Crippen LogP contribution is -2.59. The molecule has 0 bridgehead atoms. The Kier molecular flexibility index (Phi) is 3.05. The third kappa shape index (κ3) is 2.25. The number of likely N-dealkylation sites (tertiary alicyclic amines) is 1. The maximum absolute atomic E-state index is 11.2. The van der Waals surface area contributed by atoms with Crippen LogP contribution in [0.3, 0.4) is 0 Å². The second kappa shape index (κ2) is 4.59. The third-order valence-electron chi connectivity index (χ3n) is 4.05. The fraction of sp³-hybridized carbons (Fsp3) is 0.769. The van der Waals surface area contributed by atoms with Crippen molar-refractivity contribution < 1.29 is 13.9 Å². The Balaban J connectivity index is 1.70. The average Bonchev–Trinajstić information content (AvgIpc) is 2.85. The van der Waals surface area contributed by atoms with E-state index in [-0.39, 0.29) is 11.3 Å². The lowest BCUT2D eigenvalue weighted by Gasteiger charge is -2.45. The highest BCUT2D eigenvalue weighted by Gasteiger charge is 2.46. The number of carbonyl (C=O) groups is 1. The van der Waals surface area contributed by atoms with Gasteiger partial charge in [0.1, 0.15) is 0 Å². The van der Waals surface area contributed by atoms with Crippen molar-refractivity contribution >= 4 is 5.91 Å². The number of hydrogen-bond donors (Lipinski definition) is 0. The average molecular weight is 265 g/mol. The van der Waals surface area contributed by atoms with Gasteiger partial charge in [-0.2, -0.15) is 0 Å². The SMILES string of the molecule is CC(=O)N1CC(C)(c2nnc(C3CCOCC3)o2)C1. The van der Waals surface area contributed by atoms with Gasteiger partial charge in [0, 0.05) is 39.1 Å². The van der Waals surface area contributed by atoms with Crippen LogP contribution in [0.4, 0.5) is 0 Å². The summed E-state index contributed by atoms with van der Waals surface area (Å²) in [5.41, 5.74) is -0.178. The van der Waals surface area contributed by atoms with Gasteiger partial charge in [-0.3, -0.25) is 4.79 Å². The van der Waals surface area contributed by atoms with Crippen molar-refractivity contribution in [3.63, 3.8) is 0 Å². The zero-order valence-electron chi connectivity index (χ0n) is 11.4. The second-order valence-electron chi connectivity index (χ2n) is 5.77. The Morgan fingerprint density at radius 3 is 2.63 bits per heavy atom. The van der Waals surface area contributed by atoms with Crippen molar-refractivity contribution in [2.75, 3.05) is 26.3 Å². The Morgan fingerprint density at radius 2 is 2.00 bits per heavy atom. The molecule has 6 heteroatoms. The number of hydrogen-bond acceptors (Lipinski definition) is 5. The van der Waals surface area contributed by atoms with Gasteiger partial charge >= 0.3 is 0 Å². The molecule has 0 aliphatic carbocycles. The smallest absolute Gasteiger partial charge is 0.225 e. The summed E-state index contributed by atoms with van der Waals surface area (Å²) < 4.78 is 11.2. The molecule has 2 saturated heterocycles. The summed E-state index contributed by atoms with van der Waals surface area (Å²) in [6, 6.07) is 0. The topological polar surface area (TPSA) is 68.5 Å². The molecule has 2 fully saturated rings. The van der Waals surface area contributed by atoms with Crippen LogP contribution in [0, 0.1) is 0 Å². The molecule has 0 saturated carbocycles. The largest absolute Gasteiger partial charge is 0.424 e. The molecule has 0 unspecified atom stereocenters. The summed E-state index contributed by atoms with van der Waals surface area (Å²) in [5, 5.41) is 8.37. The quantitative estimate of drug-likeness (QED) is 0.800. The van der Waals surface area contributed by atoms with Gasteiger partial charge in [-0.05, 0) is 19.8 Å². The minimum absolute atomic E-state index is 0.0987. The van der Waals surface area contributed by atoms with E-state index in [0.717, 1.165) is 31.9 Å². The number of amides is 1. The molecule has 0 atom stereocenters. The Morgan fingerprint density at radius 1 is 1.32 bits per heavy atom. The van der Waals surface area contributed by atoms with Crippen molar-refractivity contribution in [2.45, 2.75) is 38.0 Å². The van der Waals surface area contributed by atoms with Crippen LogP contribution >= 0.6 is 0 Å². The third-order valence-corrected chi connectivity index (χ3v) is 4.05. The predicted molar refractivity (Wildman–Crippen MR) is 66.7 cm³/mol. The van der Waals surface area contributed by atoms with Crippen molar-refractivity contribution in [1.82, 2.24) is 15.1 Å². The zero-order valence-corrected chi connectivity index (χ0v) is 11.4. The first-order valence-electron chi connectivity index (χ1n) is 6.76. The first-order chi connectivity index (χ1) is 9.08. The fourth-order valence-corrected chi connectivity index (χ4v) is 2.74. The lowest BCUT2D eigenvalue weighted by atomic mass is 9.82. The van der Waals surface area contributed by atoms with Crippen molar-refractivity contribution in [3.8, 4) is 0 Å². The highest BCUT2D eigenvalue weighted by molar-refractivity contribution is 5.74. The summed E-state index contributed by atoms with van der Waals surface area (Å²) in [7, 11) is 0. The highest BCUT2D eigenvalue weighted by atomic mass is 16.5. The summed E-state index contributed by atoms with van der Waals surface area (Å²) in [4.78, 5) is 13.0. The van der Waals surface area contributed by atoms with Gasteiger partial charge in [-0.1, -0.05) is 0 Å². The van der Waals surface area contributed by atoms with Crippen LogP contribution < -0.4 is 0 Å². The molecule has 3 heterocycles. The van der Waals surface area contributed by atoms with Gasteiger partial charge in [0.15, 0.2) is 0 Å². The van der Waals surface area contributed by atoms with Gasteiger partial charge in [0.05, 0.1) is 5.41 Å². The monoisotopic (exact) mass is 265 g/mol. The van der Waals surface area contributed by atoms with Crippen LogP contribution in [0.25, 0.3) is 0 Å². The fourth-order valence-electron chi connectivity index (χ4n) is 2.74. The lowest BCUT2D eigenvalue weighted by molar-refractivity contribution is -0.136. The number of aromatic nitrogens is 2.